The Morgan fingerprint density at radius 2 is 1.86 bits per heavy atom. The highest BCUT2D eigenvalue weighted by Gasteiger charge is 2.44. The van der Waals surface area contributed by atoms with E-state index < -0.39 is 6.10 Å². The van der Waals surface area contributed by atoms with Gasteiger partial charge in [-0.2, -0.15) is 9.97 Å². The molecule has 35 heavy (non-hydrogen) atoms. The van der Waals surface area contributed by atoms with Crippen LogP contribution in [0.4, 0.5) is 5.95 Å². The summed E-state index contributed by atoms with van der Waals surface area (Å²) < 4.78 is 20.0. The fraction of sp³-hybridized carbons (Fsp3) is 0.577. The van der Waals surface area contributed by atoms with E-state index >= 15 is 0 Å². The summed E-state index contributed by atoms with van der Waals surface area (Å²) in [6.45, 7) is 6.33. The van der Waals surface area contributed by atoms with Gasteiger partial charge in [-0.1, -0.05) is 57.0 Å². The highest BCUT2D eigenvalue weighted by Crippen LogP contribution is 2.39. The summed E-state index contributed by atoms with van der Waals surface area (Å²) in [5, 5.41) is 11.4. The second-order valence-corrected chi connectivity index (χ2v) is 9.13. The fourth-order valence-electron chi connectivity index (χ4n) is 4.56. The molecule has 0 amide bonds. The number of hydrogen-bond acceptors (Lipinski definition) is 8. The average Bonchev–Trinajstić information content (AvgIpc) is 3.41. The van der Waals surface area contributed by atoms with E-state index in [1.807, 2.05) is 34.9 Å². The molecule has 1 saturated carbocycles. The fourth-order valence-corrected chi connectivity index (χ4v) is 4.56. The third-order valence-corrected chi connectivity index (χ3v) is 6.54. The maximum absolute atomic E-state index is 11.4. The van der Waals surface area contributed by atoms with Gasteiger partial charge in [-0.3, -0.25) is 0 Å². The monoisotopic (exact) mass is 483 g/mol. The minimum atomic E-state index is -0.685. The average molecular weight is 484 g/mol. The van der Waals surface area contributed by atoms with Crippen molar-refractivity contribution in [1.82, 2.24) is 19.5 Å². The van der Waals surface area contributed by atoms with Crippen molar-refractivity contribution in [3.63, 3.8) is 0 Å². The van der Waals surface area contributed by atoms with E-state index in [0.29, 0.717) is 49.9 Å². The van der Waals surface area contributed by atoms with Crippen molar-refractivity contribution < 1.29 is 19.3 Å². The van der Waals surface area contributed by atoms with Gasteiger partial charge in [0, 0.05) is 12.5 Å². The number of benzene rings is 1. The van der Waals surface area contributed by atoms with Gasteiger partial charge >= 0.3 is 0 Å². The van der Waals surface area contributed by atoms with Gasteiger partial charge in [0.15, 0.2) is 11.2 Å². The molecule has 0 spiro atoms. The number of nitrogen functional groups attached to an aromatic ring is 1. The third kappa shape index (κ3) is 6.09. The molecule has 190 valence electrons. The first kappa shape index (κ1) is 25.3. The molecule has 2 aromatic heterocycles. The number of hydrogen-bond donors (Lipinski definition) is 2. The first-order chi connectivity index (χ1) is 17.1. The number of aliphatic hydroxyl groups excluding tert-OH is 1. The van der Waals surface area contributed by atoms with Crippen molar-refractivity contribution in [2.24, 2.45) is 5.92 Å². The van der Waals surface area contributed by atoms with Gasteiger partial charge in [0.1, 0.15) is 0 Å². The molecular weight excluding hydrogens is 446 g/mol. The number of nitrogens with zero attached hydrogens (tertiary/aromatic N) is 4. The van der Waals surface area contributed by atoms with E-state index in [1.54, 1.807) is 6.33 Å². The highest BCUT2D eigenvalue weighted by molar-refractivity contribution is 5.77. The van der Waals surface area contributed by atoms with E-state index in [4.69, 9.17) is 19.9 Å². The molecule has 1 fully saturated rings. The van der Waals surface area contributed by atoms with Crippen LogP contribution >= 0.6 is 0 Å². The second kappa shape index (κ2) is 12.3. The number of ether oxygens (including phenoxy) is 3. The lowest BCUT2D eigenvalue weighted by Gasteiger charge is -2.23. The molecule has 0 saturated heterocycles. The van der Waals surface area contributed by atoms with Crippen LogP contribution in [0.25, 0.3) is 11.2 Å². The molecule has 0 aliphatic heterocycles. The van der Waals surface area contributed by atoms with Gasteiger partial charge in [-0.05, 0) is 24.8 Å². The van der Waals surface area contributed by atoms with E-state index in [0.717, 1.165) is 31.2 Å². The van der Waals surface area contributed by atoms with Crippen molar-refractivity contribution in [3.05, 3.63) is 42.2 Å². The van der Waals surface area contributed by atoms with Gasteiger partial charge in [-0.25, -0.2) is 4.98 Å². The lowest BCUT2D eigenvalue weighted by Crippen LogP contribution is -2.31. The number of rotatable bonds is 13. The zero-order chi connectivity index (χ0) is 24.6. The minimum absolute atomic E-state index is 0.122. The standard InChI is InChI=1S/C26H37N5O4/c1-3-5-12-34-21-14-20(23(32)19(21)16-33-15-18-10-8-7-9-11-18)31-17-28-22-24(31)29-26(27)30-25(22)35-13-6-4-2/h7-11,17,19-21,23,32H,3-6,12-16H2,1-2H3,(H2,27,29,30)/t19-,20?,21+,23+/m1/s1. The van der Waals surface area contributed by atoms with Crippen molar-refractivity contribution in [2.75, 3.05) is 25.6 Å². The van der Waals surface area contributed by atoms with Crippen LogP contribution in [0.3, 0.4) is 0 Å². The lowest BCUT2D eigenvalue weighted by atomic mass is 10.0. The van der Waals surface area contributed by atoms with Crippen molar-refractivity contribution in [2.45, 2.75) is 70.8 Å². The smallest absolute Gasteiger partial charge is 0.247 e. The first-order valence-electron chi connectivity index (χ1n) is 12.7. The molecule has 1 aliphatic rings. The van der Waals surface area contributed by atoms with E-state index in [-0.39, 0.29) is 24.0 Å². The number of nitrogens with two attached hydrogens (primary N) is 1. The van der Waals surface area contributed by atoms with Crippen molar-refractivity contribution >= 4 is 17.1 Å². The molecule has 9 heteroatoms. The molecule has 0 radical (unpaired) electrons. The lowest BCUT2D eigenvalue weighted by molar-refractivity contribution is -0.0423. The van der Waals surface area contributed by atoms with Crippen LogP contribution in [0.15, 0.2) is 36.7 Å². The molecule has 2 heterocycles. The molecule has 1 aromatic carbocycles. The number of anilines is 1. The summed E-state index contributed by atoms with van der Waals surface area (Å²) in [7, 11) is 0. The summed E-state index contributed by atoms with van der Waals surface area (Å²) in [6, 6.07) is 9.77. The topological polar surface area (TPSA) is 118 Å². The van der Waals surface area contributed by atoms with Crippen LogP contribution in [0.5, 0.6) is 5.88 Å². The minimum Gasteiger partial charge on any atom is -0.476 e. The number of imidazole rings is 1. The zero-order valence-corrected chi connectivity index (χ0v) is 20.7. The molecule has 0 bridgehead atoms. The molecule has 1 unspecified atom stereocenters. The van der Waals surface area contributed by atoms with Gasteiger partial charge in [-0.15, -0.1) is 0 Å². The van der Waals surface area contributed by atoms with Crippen LogP contribution in [0.2, 0.25) is 0 Å². The van der Waals surface area contributed by atoms with Gasteiger partial charge in [0.05, 0.1) is 44.4 Å². The number of fused-ring (bicyclic) bond motifs is 1. The molecule has 1 aliphatic carbocycles. The van der Waals surface area contributed by atoms with Crippen LogP contribution in [0.1, 0.15) is 57.6 Å². The highest BCUT2D eigenvalue weighted by atomic mass is 16.5. The Morgan fingerprint density at radius 1 is 1.09 bits per heavy atom. The van der Waals surface area contributed by atoms with Crippen molar-refractivity contribution in [3.8, 4) is 5.88 Å². The second-order valence-electron chi connectivity index (χ2n) is 9.13. The summed E-state index contributed by atoms with van der Waals surface area (Å²) in [4.78, 5) is 13.2. The van der Waals surface area contributed by atoms with Crippen molar-refractivity contribution in [1.29, 1.82) is 0 Å². The number of aromatic nitrogens is 4. The molecule has 9 nitrogen and oxygen atoms in total. The molecular formula is C26H37N5O4. The number of unbranched alkanes of at least 4 members (excludes halogenated alkanes) is 2. The Morgan fingerprint density at radius 3 is 2.63 bits per heavy atom. The predicted molar refractivity (Wildman–Crippen MR) is 134 cm³/mol. The predicted octanol–water partition coefficient (Wildman–Crippen LogP) is 3.91. The largest absolute Gasteiger partial charge is 0.476 e. The van der Waals surface area contributed by atoms with Crippen LogP contribution < -0.4 is 10.5 Å². The third-order valence-electron chi connectivity index (χ3n) is 6.54. The summed E-state index contributed by atoms with van der Waals surface area (Å²) in [5.74, 6) is 0.333. The first-order valence-corrected chi connectivity index (χ1v) is 12.7. The van der Waals surface area contributed by atoms with E-state index in [2.05, 4.69) is 28.8 Å². The summed E-state index contributed by atoms with van der Waals surface area (Å²) >= 11 is 0. The molecule has 3 N–H and O–H groups in total. The Labute approximate surface area is 206 Å². The van der Waals surface area contributed by atoms with Crippen LogP contribution in [-0.2, 0) is 16.1 Å². The Kier molecular flexibility index (Phi) is 8.90. The Bertz CT molecular complexity index is 1060. The summed E-state index contributed by atoms with van der Waals surface area (Å²) in [5.41, 5.74) is 8.21. The van der Waals surface area contributed by atoms with Gasteiger partial charge in [0.25, 0.3) is 0 Å². The van der Waals surface area contributed by atoms with E-state index in [1.165, 1.54) is 0 Å². The molecule has 4 rings (SSSR count). The number of aliphatic hydroxyl groups is 1. The van der Waals surface area contributed by atoms with E-state index in [9.17, 15) is 5.11 Å². The van der Waals surface area contributed by atoms with Gasteiger partial charge in [0.2, 0.25) is 11.8 Å². The quantitative estimate of drug-likeness (QED) is 0.351. The normalized spacial score (nSPS) is 22.1. The Balaban J connectivity index is 1.53. The molecule has 3 aromatic rings. The SMILES string of the molecule is CCCCOc1nc(N)nc2c1ncn2C1C[C@H](OCCCC)[C@@H](COCc2ccccc2)[C@@H]1O. The maximum Gasteiger partial charge on any atom is 0.247 e. The molecule has 4 atom stereocenters. The maximum atomic E-state index is 11.4. The summed E-state index contributed by atoms with van der Waals surface area (Å²) in [6.07, 6.45) is 5.46. The Hall–Kier alpha value is -2.75. The van der Waals surface area contributed by atoms with Gasteiger partial charge < -0.3 is 29.6 Å². The zero-order valence-electron chi connectivity index (χ0n) is 20.7. The van der Waals surface area contributed by atoms with Crippen LogP contribution in [0, 0.1) is 5.92 Å². The van der Waals surface area contributed by atoms with Crippen LogP contribution in [-0.4, -0.2) is 56.7 Å².